The molecule has 2 heterocycles. The molecule has 1 N–H and O–H groups in total. The minimum absolute atomic E-state index is 0.119. The highest BCUT2D eigenvalue weighted by Crippen LogP contribution is 2.29. The van der Waals surface area contributed by atoms with Gasteiger partial charge in [-0.05, 0) is 25.8 Å². The van der Waals surface area contributed by atoms with Gasteiger partial charge in [-0.3, -0.25) is 9.69 Å². The summed E-state index contributed by atoms with van der Waals surface area (Å²) < 4.78 is 0. The first kappa shape index (κ1) is 13.8. The summed E-state index contributed by atoms with van der Waals surface area (Å²) in [5.74, 6) is 0.251. The van der Waals surface area contributed by atoms with Crippen molar-refractivity contribution < 1.29 is 4.79 Å². The number of likely N-dealkylation sites (N-methyl/N-ethyl adjacent to an activating group) is 1. The number of carbonyl (C=O) groups excluding carboxylic acids is 1. The predicted molar refractivity (Wildman–Crippen MR) is 81.9 cm³/mol. The Balaban J connectivity index is 1.65. The van der Waals surface area contributed by atoms with Gasteiger partial charge >= 0.3 is 0 Å². The lowest BCUT2D eigenvalue weighted by atomic mass is 9.94. The van der Waals surface area contributed by atoms with E-state index < -0.39 is 0 Å². The molecule has 1 aliphatic carbocycles. The number of carbonyl (C=O) groups is 1. The molecule has 20 heavy (non-hydrogen) atoms. The van der Waals surface area contributed by atoms with E-state index in [1.807, 2.05) is 0 Å². The smallest absolute Gasteiger partial charge is 0.229 e. The van der Waals surface area contributed by atoms with Crippen molar-refractivity contribution in [2.75, 3.05) is 18.4 Å². The van der Waals surface area contributed by atoms with E-state index in [1.165, 1.54) is 10.6 Å². The maximum atomic E-state index is 12.2. The molecule has 0 aromatic carbocycles. The summed E-state index contributed by atoms with van der Waals surface area (Å²) in [6.07, 6.45) is 8.10. The van der Waals surface area contributed by atoms with Crippen molar-refractivity contribution in [1.29, 1.82) is 0 Å². The van der Waals surface area contributed by atoms with Gasteiger partial charge in [-0.2, -0.15) is 0 Å². The molecule has 0 unspecified atom stereocenters. The number of amides is 1. The Bertz CT molecular complexity index is 523. The number of nitrogens with one attached hydrogen (secondary N) is 1. The molecule has 2 aliphatic rings. The fourth-order valence-electron chi connectivity index (χ4n) is 2.81. The Kier molecular flexibility index (Phi) is 4.17. The second-order valence-electron chi connectivity index (χ2n) is 5.48. The third kappa shape index (κ3) is 2.94. The second-order valence-corrected chi connectivity index (χ2v) is 6.56. The maximum absolute atomic E-state index is 12.2. The Hall–Kier alpha value is -1.20. The zero-order valence-corrected chi connectivity index (χ0v) is 12.7. The summed E-state index contributed by atoms with van der Waals surface area (Å²) in [5.41, 5.74) is 1.18. The summed E-state index contributed by atoms with van der Waals surface area (Å²) in [5, 5.41) is 3.80. The molecule has 0 saturated carbocycles. The normalized spacial score (nSPS) is 22.6. The van der Waals surface area contributed by atoms with Crippen LogP contribution in [0.15, 0.2) is 12.2 Å². The number of allylic oxidation sites excluding steroid dienone is 2. The molecule has 0 radical (unpaired) electrons. The Morgan fingerprint density at radius 2 is 2.45 bits per heavy atom. The van der Waals surface area contributed by atoms with Crippen LogP contribution >= 0.6 is 11.3 Å². The zero-order valence-electron chi connectivity index (χ0n) is 11.9. The fraction of sp³-hybridized carbons (Fsp3) is 0.600. The van der Waals surface area contributed by atoms with E-state index in [0.29, 0.717) is 0 Å². The second kappa shape index (κ2) is 6.06. The third-order valence-corrected chi connectivity index (χ3v) is 5.13. The molecule has 0 bridgehead atoms. The highest BCUT2D eigenvalue weighted by molar-refractivity contribution is 7.15. The quantitative estimate of drug-likeness (QED) is 0.871. The number of fused-ring (bicyclic) bond motifs is 1. The molecule has 0 spiro atoms. The van der Waals surface area contributed by atoms with Gasteiger partial charge < -0.3 is 5.32 Å². The van der Waals surface area contributed by atoms with Crippen LogP contribution in [-0.2, 0) is 17.8 Å². The van der Waals surface area contributed by atoms with Gasteiger partial charge in [0.1, 0.15) is 0 Å². The molecule has 5 heteroatoms. The van der Waals surface area contributed by atoms with Crippen LogP contribution in [0.4, 0.5) is 5.13 Å². The summed E-state index contributed by atoms with van der Waals surface area (Å²) in [7, 11) is 0. The molecular weight excluding hydrogens is 270 g/mol. The van der Waals surface area contributed by atoms with Gasteiger partial charge in [-0.1, -0.05) is 19.1 Å². The Morgan fingerprint density at radius 3 is 3.20 bits per heavy atom. The van der Waals surface area contributed by atoms with Gasteiger partial charge in [0.2, 0.25) is 5.91 Å². The minimum atomic E-state index is 0.119. The van der Waals surface area contributed by atoms with E-state index in [1.54, 1.807) is 11.3 Å². The summed E-state index contributed by atoms with van der Waals surface area (Å²) >= 11 is 1.64. The third-order valence-electron chi connectivity index (χ3n) is 4.13. The van der Waals surface area contributed by atoms with Gasteiger partial charge in [0.15, 0.2) is 5.13 Å². The average molecular weight is 291 g/mol. The van der Waals surface area contributed by atoms with Crippen molar-refractivity contribution in [1.82, 2.24) is 9.88 Å². The number of hydrogen-bond donors (Lipinski definition) is 1. The Morgan fingerprint density at radius 1 is 1.55 bits per heavy atom. The fourth-order valence-corrected chi connectivity index (χ4v) is 3.86. The van der Waals surface area contributed by atoms with Crippen LogP contribution in [0.5, 0.6) is 0 Å². The highest BCUT2D eigenvalue weighted by atomic mass is 32.1. The molecule has 108 valence electrons. The molecule has 0 saturated heterocycles. The largest absolute Gasteiger partial charge is 0.302 e. The van der Waals surface area contributed by atoms with Crippen LogP contribution < -0.4 is 5.32 Å². The summed E-state index contributed by atoms with van der Waals surface area (Å²) in [4.78, 5) is 20.5. The number of hydrogen-bond acceptors (Lipinski definition) is 4. The van der Waals surface area contributed by atoms with Crippen molar-refractivity contribution in [3.05, 3.63) is 22.7 Å². The molecule has 1 atom stereocenters. The first-order chi connectivity index (χ1) is 9.76. The van der Waals surface area contributed by atoms with Gasteiger partial charge in [0.25, 0.3) is 0 Å². The van der Waals surface area contributed by atoms with E-state index >= 15 is 0 Å². The molecule has 1 aromatic rings. The van der Waals surface area contributed by atoms with Crippen molar-refractivity contribution in [2.24, 2.45) is 5.92 Å². The molecule has 0 fully saturated rings. The molecule has 4 nitrogen and oxygen atoms in total. The lowest BCUT2D eigenvalue weighted by molar-refractivity contribution is -0.120. The van der Waals surface area contributed by atoms with Gasteiger partial charge in [-0.15, -0.1) is 11.3 Å². The number of aromatic nitrogens is 1. The lowest BCUT2D eigenvalue weighted by Gasteiger charge is -2.23. The van der Waals surface area contributed by atoms with E-state index in [9.17, 15) is 4.79 Å². The summed E-state index contributed by atoms with van der Waals surface area (Å²) in [6, 6.07) is 0. The minimum Gasteiger partial charge on any atom is -0.302 e. The zero-order chi connectivity index (χ0) is 13.9. The van der Waals surface area contributed by atoms with Gasteiger partial charge in [0, 0.05) is 30.3 Å². The molecule has 1 amide bonds. The standard InChI is InChI=1S/C15H21N3OS/c1-2-18-9-8-12-13(10-18)20-15(16-12)17-14(19)11-6-4-3-5-7-11/h3-4,11H,2,5-10H2,1H3,(H,16,17,19)/t11-/m1/s1. The average Bonchev–Trinajstić information content (AvgIpc) is 2.89. The van der Waals surface area contributed by atoms with Gasteiger partial charge in [-0.25, -0.2) is 4.98 Å². The van der Waals surface area contributed by atoms with E-state index in [-0.39, 0.29) is 11.8 Å². The van der Waals surface area contributed by atoms with Crippen molar-refractivity contribution in [2.45, 2.75) is 39.2 Å². The monoisotopic (exact) mass is 291 g/mol. The molecule has 3 rings (SSSR count). The van der Waals surface area contributed by atoms with Crippen molar-refractivity contribution in [3.8, 4) is 0 Å². The van der Waals surface area contributed by atoms with E-state index in [2.05, 4.69) is 34.3 Å². The molecular formula is C15H21N3OS. The van der Waals surface area contributed by atoms with Gasteiger partial charge in [0.05, 0.1) is 5.69 Å². The van der Waals surface area contributed by atoms with Crippen LogP contribution in [-0.4, -0.2) is 28.9 Å². The number of nitrogens with zero attached hydrogens (tertiary/aromatic N) is 2. The number of rotatable bonds is 3. The highest BCUT2D eigenvalue weighted by Gasteiger charge is 2.23. The number of anilines is 1. The maximum Gasteiger partial charge on any atom is 0.229 e. The van der Waals surface area contributed by atoms with Crippen LogP contribution in [0.25, 0.3) is 0 Å². The Labute approximate surface area is 123 Å². The van der Waals surface area contributed by atoms with E-state index in [0.717, 1.165) is 50.4 Å². The first-order valence-electron chi connectivity index (χ1n) is 7.43. The van der Waals surface area contributed by atoms with Crippen LogP contribution in [0.1, 0.15) is 36.8 Å². The SMILES string of the molecule is CCN1CCc2nc(NC(=O)[C@@H]3CC=CCC3)sc2C1. The lowest BCUT2D eigenvalue weighted by Crippen LogP contribution is -2.29. The van der Waals surface area contributed by atoms with Crippen molar-refractivity contribution in [3.63, 3.8) is 0 Å². The van der Waals surface area contributed by atoms with Crippen LogP contribution in [0.3, 0.4) is 0 Å². The predicted octanol–water partition coefficient (Wildman–Crippen LogP) is 2.82. The summed E-state index contributed by atoms with van der Waals surface area (Å²) in [6.45, 7) is 5.32. The number of thiazole rings is 1. The first-order valence-corrected chi connectivity index (χ1v) is 8.24. The molecule has 1 aromatic heterocycles. The topological polar surface area (TPSA) is 45.2 Å². The van der Waals surface area contributed by atoms with Crippen LogP contribution in [0.2, 0.25) is 0 Å². The molecule has 1 aliphatic heterocycles. The van der Waals surface area contributed by atoms with Crippen LogP contribution in [0, 0.1) is 5.92 Å². The van der Waals surface area contributed by atoms with Crippen molar-refractivity contribution >= 4 is 22.4 Å². The van der Waals surface area contributed by atoms with E-state index in [4.69, 9.17) is 0 Å².